The molecule has 44 heavy (non-hydrogen) atoms. The van der Waals surface area contributed by atoms with Gasteiger partial charge in [0.15, 0.2) is 0 Å². The van der Waals surface area contributed by atoms with Crippen LogP contribution in [0.1, 0.15) is 47.6 Å². The Balaban J connectivity index is 1.44. The Morgan fingerprint density at radius 3 is 1.70 bits per heavy atom. The second-order valence-electron chi connectivity index (χ2n) is 12.3. The fraction of sp³-hybridized carbons (Fsp3) is 0.0909. The van der Waals surface area contributed by atoms with Crippen molar-refractivity contribution in [3.05, 3.63) is 192 Å². The van der Waals surface area contributed by atoms with Crippen LogP contribution in [0.2, 0.25) is 0 Å². The molecule has 7 aromatic rings. The summed E-state index contributed by atoms with van der Waals surface area (Å²) in [5.74, 6) is 0.488. The van der Waals surface area contributed by atoms with Crippen molar-refractivity contribution in [2.24, 2.45) is 0 Å². The first kappa shape index (κ1) is 26.4. The van der Waals surface area contributed by atoms with Crippen molar-refractivity contribution in [2.45, 2.75) is 25.2 Å². The van der Waals surface area contributed by atoms with Gasteiger partial charge >= 0.3 is 0 Å². The standard InChI is InChI=1S/C44H34/c1-30(2)32-22-25-37-33(28-32)23-26-38(43(37)31-14-6-3-7-15-31)34-24-27-40-39-20-12-13-21-41(39)44(42(40)29-34,35-16-8-4-9-17-35)36-18-10-5-11-19-36/h3-30H,1-2H3. The van der Waals surface area contributed by atoms with E-state index in [-0.39, 0.29) is 0 Å². The topological polar surface area (TPSA) is 0 Å². The molecule has 0 N–H and O–H groups in total. The van der Waals surface area contributed by atoms with Crippen LogP contribution in [0.15, 0.2) is 164 Å². The number of benzene rings is 7. The predicted octanol–water partition coefficient (Wildman–Crippen LogP) is 11.7. The lowest BCUT2D eigenvalue weighted by Crippen LogP contribution is -2.28. The average Bonchev–Trinajstić information content (AvgIpc) is 3.39. The molecule has 0 radical (unpaired) electrons. The van der Waals surface area contributed by atoms with Crippen LogP contribution >= 0.6 is 0 Å². The Labute approximate surface area is 260 Å². The third-order valence-corrected chi connectivity index (χ3v) is 9.54. The maximum atomic E-state index is 2.48. The lowest BCUT2D eigenvalue weighted by molar-refractivity contribution is 0.769. The largest absolute Gasteiger partial charge is 0.0713 e. The summed E-state index contributed by atoms with van der Waals surface area (Å²) >= 11 is 0. The maximum absolute atomic E-state index is 2.48. The fourth-order valence-corrected chi connectivity index (χ4v) is 7.48. The first-order valence-corrected chi connectivity index (χ1v) is 15.6. The summed E-state index contributed by atoms with van der Waals surface area (Å²) in [5, 5.41) is 2.58. The van der Waals surface area contributed by atoms with E-state index < -0.39 is 5.41 Å². The molecule has 0 saturated heterocycles. The number of fused-ring (bicyclic) bond motifs is 4. The number of hydrogen-bond donors (Lipinski definition) is 0. The molecule has 0 saturated carbocycles. The Morgan fingerprint density at radius 2 is 1.02 bits per heavy atom. The van der Waals surface area contributed by atoms with Crippen molar-refractivity contribution >= 4 is 10.8 Å². The molecule has 7 aromatic carbocycles. The van der Waals surface area contributed by atoms with E-state index >= 15 is 0 Å². The Kier molecular flexibility index (Phi) is 6.31. The summed E-state index contributed by atoms with van der Waals surface area (Å²) in [6.07, 6.45) is 0. The molecule has 0 aromatic heterocycles. The second kappa shape index (κ2) is 10.5. The minimum atomic E-state index is -0.416. The molecule has 0 heteroatoms. The fourth-order valence-electron chi connectivity index (χ4n) is 7.48. The number of rotatable bonds is 5. The van der Waals surface area contributed by atoms with Gasteiger partial charge in [0.1, 0.15) is 0 Å². The van der Waals surface area contributed by atoms with Crippen molar-refractivity contribution in [1.29, 1.82) is 0 Å². The van der Waals surface area contributed by atoms with Crippen LogP contribution in [0.5, 0.6) is 0 Å². The van der Waals surface area contributed by atoms with Gasteiger partial charge in [-0.05, 0) is 84.0 Å². The molecule has 8 rings (SSSR count). The SMILES string of the molecule is CC(C)c1ccc2c(-c3ccccc3)c(-c3ccc4c(c3)C(c3ccccc3)(c3ccccc3)c3ccccc3-4)ccc2c1. The third-order valence-electron chi connectivity index (χ3n) is 9.54. The summed E-state index contributed by atoms with van der Waals surface area (Å²) in [5.41, 5.74) is 13.9. The molecule has 0 unspecified atom stereocenters. The average molecular weight is 563 g/mol. The molecule has 0 atom stereocenters. The Morgan fingerprint density at radius 1 is 0.432 bits per heavy atom. The summed E-state index contributed by atoms with van der Waals surface area (Å²) in [4.78, 5) is 0. The van der Waals surface area contributed by atoms with E-state index in [4.69, 9.17) is 0 Å². The van der Waals surface area contributed by atoms with E-state index in [0.717, 1.165) is 0 Å². The monoisotopic (exact) mass is 562 g/mol. The minimum absolute atomic E-state index is 0.416. The van der Waals surface area contributed by atoms with E-state index in [2.05, 4.69) is 178 Å². The molecular formula is C44H34. The van der Waals surface area contributed by atoms with Crippen LogP contribution < -0.4 is 0 Å². The van der Waals surface area contributed by atoms with E-state index in [1.165, 1.54) is 72.0 Å². The van der Waals surface area contributed by atoms with Gasteiger partial charge in [-0.1, -0.05) is 172 Å². The van der Waals surface area contributed by atoms with E-state index in [1.807, 2.05) is 0 Å². The summed E-state index contributed by atoms with van der Waals surface area (Å²) in [7, 11) is 0. The van der Waals surface area contributed by atoms with Crippen LogP contribution in [0, 0.1) is 0 Å². The molecule has 0 heterocycles. The Bertz CT molecular complexity index is 2080. The van der Waals surface area contributed by atoms with Crippen LogP contribution in [-0.4, -0.2) is 0 Å². The zero-order valence-electron chi connectivity index (χ0n) is 25.2. The van der Waals surface area contributed by atoms with Crippen LogP contribution in [0.4, 0.5) is 0 Å². The van der Waals surface area contributed by atoms with Crippen molar-refractivity contribution in [3.63, 3.8) is 0 Å². The quantitative estimate of drug-likeness (QED) is 0.196. The molecule has 0 bridgehead atoms. The highest BCUT2D eigenvalue weighted by Crippen LogP contribution is 2.57. The van der Waals surface area contributed by atoms with Gasteiger partial charge in [-0.25, -0.2) is 0 Å². The normalized spacial score (nSPS) is 13.2. The van der Waals surface area contributed by atoms with E-state index in [1.54, 1.807) is 0 Å². The molecule has 0 nitrogen and oxygen atoms in total. The molecule has 0 aliphatic heterocycles. The van der Waals surface area contributed by atoms with Crippen LogP contribution in [0.25, 0.3) is 44.2 Å². The maximum Gasteiger partial charge on any atom is 0.0713 e. The van der Waals surface area contributed by atoms with Gasteiger partial charge in [-0.2, -0.15) is 0 Å². The lowest BCUT2D eigenvalue weighted by atomic mass is 9.67. The van der Waals surface area contributed by atoms with Gasteiger partial charge in [0.2, 0.25) is 0 Å². The molecule has 1 aliphatic carbocycles. The molecule has 0 spiro atoms. The van der Waals surface area contributed by atoms with Gasteiger partial charge in [0.25, 0.3) is 0 Å². The first-order chi connectivity index (χ1) is 21.7. The minimum Gasteiger partial charge on any atom is -0.0622 e. The molecule has 210 valence electrons. The summed E-state index contributed by atoms with van der Waals surface area (Å²) in [6, 6.07) is 60.8. The third kappa shape index (κ3) is 3.98. The Hall–Kier alpha value is -5.20. The highest BCUT2D eigenvalue weighted by atomic mass is 14.5. The zero-order valence-corrected chi connectivity index (χ0v) is 25.2. The molecule has 0 amide bonds. The van der Waals surface area contributed by atoms with E-state index in [0.29, 0.717) is 5.92 Å². The smallest absolute Gasteiger partial charge is 0.0622 e. The van der Waals surface area contributed by atoms with E-state index in [9.17, 15) is 0 Å². The van der Waals surface area contributed by atoms with Gasteiger partial charge in [-0.3, -0.25) is 0 Å². The molecule has 1 aliphatic rings. The highest BCUT2D eigenvalue weighted by molar-refractivity contribution is 6.05. The van der Waals surface area contributed by atoms with Gasteiger partial charge in [0.05, 0.1) is 5.41 Å². The highest BCUT2D eigenvalue weighted by Gasteiger charge is 2.46. The van der Waals surface area contributed by atoms with Gasteiger partial charge < -0.3 is 0 Å². The van der Waals surface area contributed by atoms with Crippen molar-refractivity contribution in [3.8, 4) is 33.4 Å². The number of hydrogen-bond acceptors (Lipinski definition) is 0. The zero-order chi connectivity index (χ0) is 29.7. The lowest BCUT2D eigenvalue weighted by Gasteiger charge is -2.34. The summed E-state index contributed by atoms with van der Waals surface area (Å²) in [6.45, 7) is 4.53. The molecule has 0 fully saturated rings. The van der Waals surface area contributed by atoms with Gasteiger partial charge in [0, 0.05) is 0 Å². The van der Waals surface area contributed by atoms with Crippen LogP contribution in [0.3, 0.4) is 0 Å². The van der Waals surface area contributed by atoms with Crippen molar-refractivity contribution < 1.29 is 0 Å². The second-order valence-corrected chi connectivity index (χ2v) is 12.3. The summed E-state index contributed by atoms with van der Waals surface area (Å²) < 4.78 is 0. The van der Waals surface area contributed by atoms with Gasteiger partial charge in [-0.15, -0.1) is 0 Å². The first-order valence-electron chi connectivity index (χ1n) is 15.6. The van der Waals surface area contributed by atoms with Crippen molar-refractivity contribution in [2.75, 3.05) is 0 Å². The van der Waals surface area contributed by atoms with Crippen molar-refractivity contribution in [1.82, 2.24) is 0 Å². The molecular weight excluding hydrogens is 528 g/mol. The van der Waals surface area contributed by atoms with Crippen LogP contribution in [-0.2, 0) is 5.41 Å². The predicted molar refractivity (Wildman–Crippen MR) is 186 cm³/mol.